The molecule has 9 heteroatoms. The van der Waals surface area contributed by atoms with Crippen molar-refractivity contribution < 1.29 is 17.9 Å². The summed E-state index contributed by atoms with van der Waals surface area (Å²) in [6, 6.07) is 8.46. The van der Waals surface area contributed by atoms with Crippen molar-refractivity contribution in [1.82, 2.24) is 14.1 Å². The summed E-state index contributed by atoms with van der Waals surface area (Å²) < 4.78 is 35.0. The lowest BCUT2D eigenvalue weighted by Crippen LogP contribution is -2.55. The molecule has 2 aromatic rings. The summed E-state index contributed by atoms with van der Waals surface area (Å²) in [7, 11) is -2.04. The Labute approximate surface area is 182 Å². The summed E-state index contributed by atoms with van der Waals surface area (Å²) in [5.74, 6) is 2.21. The molecule has 0 bridgehead atoms. The molecule has 0 N–H and O–H groups in total. The molecular formula is C22H28N4O4S. The van der Waals surface area contributed by atoms with Gasteiger partial charge in [0, 0.05) is 25.7 Å². The van der Waals surface area contributed by atoms with E-state index in [-0.39, 0.29) is 10.8 Å². The van der Waals surface area contributed by atoms with Gasteiger partial charge in [-0.1, -0.05) is 0 Å². The highest BCUT2D eigenvalue weighted by atomic mass is 32.2. The van der Waals surface area contributed by atoms with E-state index >= 15 is 0 Å². The van der Waals surface area contributed by atoms with Gasteiger partial charge in [0.2, 0.25) is 15.9 Å². The second kappa shape index (κ2) is 7.34. The van der Waals surface area contributed by atoms with Crippen molar-refractivity contribution in [2.24, 2.45) is 5.92 Å². The molecule has 3 aliphatic rings. The second-order valence-corrected chi connectivity index (χ2v) is 10.9. The zero-order valence-corrected chi connectivity index (χ0v) is 18.8. The van der Waals surface area contributed by atoms with Crippen molar-refractivity contribution in [1.29, 1.82) is 0 Å². The largest absolute Gasteiger partial charge is 0.497 e. The van der Waals surface area contributed by atoms with E-state index in [0.29, 0.717) is 44.0 Å². The number of aromatic nitrogens is 2. The van der Waals surface area contributed by atoms with E-state index in [1.807, 2.05) is 22.6 Å². The molecule has 31 heavy (non-hydrogen) atoms. The SMILES string of the molecule is COc1ccc(S(=O)(=O)N2CCC3(CC2)CC(=O)N(CC2CC2)c2cc(C)nn23)cc1. The van der Waals surface area contributed by atoms with Crippen LogP contribution in [0.4, 0.5) is 5.82 Å². The minimum Gasteiger partial charge on any atom is -0.497 e. The zero-order valence-electron chi connectivity index (χ0n) is 18.0. The van der Waals surface area contributed by atoms with E-state index in [1.165, 1.54) is 17.1 Å². The van der Waals surface area contributed by atoms with Crippen LogP contribution in [0, 0.1) is 12.8 Å². The minimum atomic E-state index is -3.59. The Kier molecular flexibility index (Phi) is 4.86. The summed E-state index contributed by atoms with van der Waals surface area (Å²) in [6.07, 6.45) is 3.88. The summed E-state index contributed by atoms with van der Waals surface area (Å²) in [6.45, 7) is 3.44. The van der Waals surface area contributed by atoms with Crippen LogP contribution in [0.2, 0.25) is 0 Å². The predicted molar refractivity (Wildman–Crippen MR) is 116 cm³/mol. The Morgan fingerprint density at radius 1 is 1.16 bits per heavy atom. The van der Waals surface area contributed by atoms with Crippen molar-refractivity contribution in [2.45, 2.75) is 49.5 Å². The van der Waals surface area contributed by atoms with E-state index in [4.69, 9.17) is 9.84 Å². The molecule has 1 aliphatic carbocycles. The highest BCUT2D eigenvalue weighted by Crippen LogP contribution is 2.43. The first-order valence-electron chi connectivity index (χ1n) is 10.8. The molecule has 1 aromatic carbocycles. The van der Waals surface area contributed by atoms with Gasteiger partial charge in [-0.2, -0.15) is 9.40 Å². The van der Waals surface area contributed by atoms with Gasteiger partial charge < -0.3 is 4.74 Å². The molecule has 166 valence electrons. The van der Waals surface area contributed by atoms with Gasteiger partial charge in [0.1, 0.15) is 11.6 Å². The van der Waals surface area contributed by atoms with Gasteiger partial charge in [0.25, 0.3) is 0 Å². The van der Waals surface area contributed by atoms with Gasteiger partial charge in [-0.25, -0.2) is 13.1 Å². The lowest BCUT2D eigenvalue weighted by Gasteiger charge is -2.46. The van der Waals surface area contributed by atoms with Crippen molar-refractivity contribution >= 4 is 21.7 Å². The molecule has 0 atom stereocenters. The first-order chi connectivity index (χ1) is 14.8. The number of amides is 1. The quantitative estimate of drug-likeness (QED) is 0.708. The lowest BCUT2D eigenvalue weighted by molar-refractivity contribution is -0.122. The van der Waals surface area contributed by atoms with Gasteiger partial charge in [-0.15, -0.1) is 0 Å². The summed E-state index contributed by atoms with van der Waals surface area (Å²) in [4.78, 5) is 15.3. The third-order valence-corrected chi connectivity index (χ3v) is 8.72. The Bertz CT molecular complexity index is 1100. The van der Waals surface area contributed by atoms with E-state index in [2.05, 4.69) is 0 Å². The monoisotopic (exact) mass is 444 g/mol. The molecule has 1 saturated carbocycles. The number of piperidine rings is 1. The van der Waals surface area contributed by atoms with E-state index < -0.39 is 15.6 Å². The van der Waals surface area contributed by atoms with Gasteiger partial charge in [0.15, 0.2) is 0 Å². The molecule has 0 radical (unpaired) electrons. The number of sulfonamides is 1. The number of aryl methyl sites for hydroxylation is 1. The van der Waals surface area contributed by atoms with Crippen molar-refractivity contribution in [3.63, 3.8) is 0 Å². The fourth-order valence-electron chi connectivity index (χ4n) is 4.79. The molecular weight excluding hydrogens is 416 g/mol. The molecule has 3 heterocycles. The summed E-state index contributed by atoms with van der Waals surface area (Å²) >= 11 is 0. The summed E-state index contributed by atoms with van der Waals surface area (Å²) in [5.41, 5.74) is 0.435. The maximum Gasteiger partial charge on any atom is 0.243 e. The second-order valence-electron chi connectivity index (χ2n) is 8.98. The average molecular weight is 445 g/mol. The van der Waals surface area contributed by atoms with Crippen LogP contribution in [0.25, 0.3) is 0 Å². The van der Waals surface area contributed by atoms with Crippen LogP contribution in [0.15, 0.2) is 35.2 Å². The van der Waals surface area contributed by atoms with Crippen LogP contribution >= 0.6 is 0 Å². The standard InChI is InChI=1S/C22H28N4O4S/c1-16-13-20-25(15-17-3-4-17)21(27)14-22(26(20)23-16)9-11-24(12-10-22)31(28,29)19-7-5-18(30-2)6-8-19/h5-8,13,17H,3-4,9-12,14-15H2,1-2H3. The number of methoxy groups -OCH3 is 1. The van der Waals surface area contributed by atoms with E-state index in [1.54, 1.807) is 31.4 Å². The van der Waals surface area contributed by atoms with Crippen LogP contribution in [-0.4, -0.2) is 55.2 Å². The smallest absolute Gasteiger partial charge is 0.243 e. The van der Waals surface area contributed by atoms with Crippen molar-refractivity contribution in [2.75, 3.05) is 31.6 Å². The highest BCUT2D eigenvalue weighted by Gasteiger charge is 2.48. The summed E-state index contributed by atoms with van der Waals surface area (Å²) in [5, 5.41) is 4.75. The van der Waals surface area contributed by atoms with Crippen LogP contribution in [0.5, 0.6) is 5.75 Å². The number of anilines is 1. The molecule has 1 amide bonds. The molecule has 2 fully saturated rings. The number of benzene rings is 1. The number of nitrogens with zero attached hydrogens (tertiary/aromatic N) is 4. The Balaban J connectivity index is 1.38. The molecule has 0 unspecified atom stereocenters. The van der Waals surface area contributed by atoms with Crippen LogP contribution in [0.3, 0.4) is 0 Å². The molecule has 1 saturated heterocycles. The molecule has 1 spiro atoms. The van der Waals surface area contributed by atoms with Gasteiger partial charge in [0.05, 0.1) is 29.7 Å². The van der Waals surface area contributed by atoms with Crippen LogP contribution < -0.4 is 9.64 Å². The minimum absolute atomic E-state index is 0.130. The van der Waals surface area contributed by atoms with E-state index in [9.17, 15) is 13.2 Å². The molecule has 5 rings (SSSR count). The number of carbonyl (C=O) groups is 1. The van der Waals surface area contributed by atoms with Crippen molar-refractivity contribution in [3.05, 3.63) is 36.0 Å². The molecule has 2 aliphatic heterocycles. The normalized spacial score (nSPS) is 21.4. The number of ether oxygens (including phenoxy) is 1. The Morgan fingerprint density at radius 2 is 1.84 bits per heavy atom. The van der Waals surface area contributed by atoms with Gasteiger partial charge in [-0.3, -0.25) is 9.69 Å². The Hall–Kier alpha value is -2.39. The van der Waals surface area contributed by atoms with Gasteiger partial charge in [-0.05, 0) is 62.8 Å². The number of fused-ring (bicyclic) bond motifs is 2. The predicted octanol–water partition coefficient (Wildman–Crippen LogP) is 2.53. The average Bonchev–Trinajstić information content (AvgIpc) is 3.50. The number of carbonyl (C=O) groups excluding carboxylic acids is 1. The molecule has 1 aromatic heterocycles. The van der Waals surface area contributed by atoms with E-state index in [0.717, 1.165) is 18.1 Å². The van der Waals surface area contributed by atoms with Crippen molar-refractivity contribution in [3.8, 4) is 5.75 Å². The lowest BCUT2D eigenvalue weighted by atomic mass is 9.83. The highest BCUT2D eigenvalue weighted by molar-refractivity contribution is 7.89. The number of rotatable bonds is 5. The third kappa shape index (κ3) is 3.53. The van der Waals surface area contributed by atoms with Crippen LogP contribution in [0.1, 0.15) is 37.8 Å². The Morgan fingerprint density at radius 3 is 2.45 bits per heavy atom. The van der Waals surface area contributed by atoms with Crippen LogP contribution in [-0.2, 0) is 20.4 Å². The first kappa shape index (κ1) is 20.5. The number of hydrogen-bond donors (Lipinski definition) is 0. The van der Waals surface area contributed by atoms with Gasteiger partial charge >= 0.3 is 0 Å². The topological polar surface area (TPSA) is 84.7 Å². The fourth-order valence-corrected chi connectivity index (χ4v) is 6.23. The molecule has 8 nitrogen and oxygen atoms in total. The number of hydrogen-bond acceptors (Lipinski definition) is 5. The third-order valence-electron chi connectivity index (χ3n) is 6.81. The first-order valence-corrected chi connectivity index (χ1v) is 12.3. The fraction of sp³-hybridized carbons (Fsp3) is 0.545. The zero-order chi connectivity index (χ0) is 21.8. The maximum absolute atomic E-state index is 13.1. The maximum atomic E-state index is 13.1.